The van der Waals surface area contributed by atoms with Gasteiger partial charge in [-0.05, 0) is 123 Å². The van der Waals surface area contributed by atoms with Gasteiger partial charge in [0.1, 0.15) is 17.9 Å². The number of nitrogens with one attached hydrogen (secondary N) is 1. The van der Waals surface area contributed by atoms with E-state index < -0.39 is 17.8 Å². The van der Waals surface area contributed by atoms with E-state index in [0.29, 0.717) is 52.2 Å². The third-order valence-electron chi connectivity index (χ3n) is 11.5. The molecule has 1 atom stereocenters. The molecular formula is C47H48ClFN6O3. The van der Waals surface area contributed by atoms with Gasteiger partial charge in [-0.15, -0.1) is 0 Å². The van der Waals surface area contributed by atoms with Crippen LogP contribution in [0.25, 0.3) is 5.70 Å². The Morgan fingerprint density at radius 3 is 2.40 bits per heavy atom. The van der Waals surface area contributed by atoms with E-state index in [9.17, 15) is 14.4 Å². The standard InChI is InChI=1S/C47H48ClFN6O3/c1-30-20-38(43(49)22-41(30)28-55(29-56)44-18-19-45(57)53-47(44)58)15-14-37-26-54(27-37)25-36-12-8-34(9-13-36)5-4-33-6-10-35(11-7-33)24-52-32(3)31(2)46(51)39-16-17-40(23-50)42(48)21-39/h6-7,10-11,16-17,20-22,29,34,36-37,44H,8-9,12-13,18-19,24-28,51H2,1-3H3,(H,53,57,58)/b46-31-,52-32?. The number of nitrogens with zero attached hydrogens (tertiary/aromatic N) is 4. The Morgan fingerprint density at radius 2 is 1.72 bits per heavy atom. The fourth-order valence-electron chi connectivity index (χ4n) is 7.64. The van der Waals surface area contributed by atoms with Gasteiger partial charge in [0, 0.05) is 61.4 Å². The van der Waals surface area contributed by atoms with Gasteiger partial charge in [0.15, 0.2) is 0 Å². The van der Waals surface area contributed by atoms with Crippen molar-refractivity contribution in [1.29, 1.82) is 5.26 Å². The lowest BCUT2D eigenvalue weighted by Gasteiger charge is -2.40. The van der Waals surface area contributed by atoms with Crippen LogP contribution in [-0.2, 0) is 27.5 Å². The number of hydrogen-bond acceptors (Lipinski definition) is 7. The molecule has 1 saturated carbocycles. The molecule has 3 aromatic rings. The Labute approximate surface area is 345 Å². The van der Waals surface area contributed by atoms with Gasteiger partial charge in [-0.25, -0.2) is 4.39 Å². The summed E-state index contributed by atoms with van der Waals surface area (Å²) in [6, 6.07) is 17.8. The van der Waals surface area contributed by atoms with Gasteiger partial charge >= 0.3 is 0 Å². The van der Waals surface area contributed by atoms with Crippen LogP contribution in [0.2, 0.25) is 5.02 Å². The number of amides is 3. The number of halogens is 2. The smallest absolute Gasteiger partial charge is 0.249 e. The Morgan fingerprint density at radius 1 is 1.00 bits per heavy atom. The number of benzene rings is 3. The topological polar surface area (TPSA) is 132 Å². The number of aliphatic imine (C=N–C) groups is 1. The average Bonchev–Trinajstić information content (AvgIpc) is 3.20. The highest BCUT2D eigenvalue weighted by Gasteiger charge is 2.32. The van der Waals surface area contributed by atoms with E-state index in [2.05, 4.69) is 64.2 Å². The number of likely N-dealkylation sites (tertiary alicyclic amines) is 1. The summed E-state index contributed by atoms with van der Waals surface area (Å²) < 4.78 is 15.1. The van der Waals surface area contributed by atoms with Crippen LogP contribution in [-0.4, -0.2) is 59.4 Å². The zero-order valence-electron chi connectivity index (χ0n) is 33.2. The van der Waals surface area contributed by atoms with E-state index in [4.69, 9.17) is 27.6 Å². The van der Waals surface area contributed by atoms with Gasteiger partial charge in [0.05, 0.1) is 22.7 Å². The lowest BCUT2D eigenvalue weighted by Crippen LogP contribution is -2.51. The molecular weight excluding hydrogens is 751 g/mol. The molecule has 0 bridgehead atoms. The summed E-state index contributed by atoms with van der Waals surface area (Å²) in [5, 5.41) is 11.8. The maximum Gasteiger partial charge on any atom is 0.249 e. The molecule has 0 aromatic heterocycles. The van der Waals surface area contributed by atoms with Crippen LogP contribution in [0.15, 0.2) is 65.2 Å². The van der Waals surface area contributed by atoms with Gasteiger partial charge in [0.2, 0.25) is 18.2 Å². The predicted molar refractivity (Wildman–Crippen MR) is 224 cm³/mol. The molecule has 3 N–H and O–H groups in total. The highest BCUT2D eigenvalue weighted by molar-refractivity contribution is 6.32. The molecule has 2 heterocycles. The van der Waals surface area contributed by atoms with Crippen LogP contribution >= 0.6 is 11.6 Å². The first-order chi connectivity index (χ1) is 27.9. The molecule has 3 aliphatic rings. The normalized spacial score (nSPS) is 20.3. The number of nitriles is 1. The molecule has 3 amide bonds. The predicted octanol–water partition coefficient (Wildman–Crippen LogP) is 6.92. The fraction of sp³-hybridized carbons (Fsp3) is 0.383. The number of nitrogens with two attached hydrogens (primary N) is 1. The van der Waals surface area contributed by atoms with Crippen molar-refractivity contribution in [2.24, 2.45) is 28.5 Å². The van der Waals surface area contributed by atoms with Crippen molar-refractivity contribution in [3.05, 3.63) is 110 Å². The highest BCUT2D eigenvalue weighted by Crippen LogP contribution is 2.31. The number of hydrogen-bond donors (Lipinski definition) is 2. The molecule has 0 radical (unpaired) electrons. The van der Waals surface area contributed by atoms with Crippen LogP contribution in [0.1, 0.15) is 91.3 Å². The second kappa shape index (κ2) is 19.1. The summed E-state index contributed by atoms with van der Waals surface area (Å²) in [7, 11) is 0. The lowest BCUT2D eigenvalue weighted by atomic mass is 9.81. The molecule has 1 unspecified atom stereocenters. The van der Waals surface area contributed by atoms with Crippen molar-refractivity contribution in [2.45, 2.75) is 78.4 Å². The van der Waals surface area contributed by atoms with Crippen molar-refractivity contribution in [2.75, 3.05) is 19.6 Å². The van der Waals surface area contributed by atoms with Crippen molar-refractivity contribution in [1.82, 2.24) is 15.1 Å². The largest absolute Gasteiger partial charge is 0.398 e. The summed E-state index contributed by atoms with van der Waals surface area (Å²) >= 11 is 6.20. The van der Waals surface area contributed by atoms with Gasteiger partial charge < -0.3 is 15.5 Å². The van der Waals surface area contributed by atoms with Crippen molar-refractivity contribution >= 4 is 41.2 Å². The van der Waals surface area contributed by atoms with E-state index in [1.807, 2.05) is 20.8 Å². The summed E-state index contributed by atoms with van der Waals surface area (Å²) in [5.41, 5.74) is 13.6. The Kier molecular flexibility index (Phi) is 13.8. The molecule has 58 heavy (non-hydrogen) atoms. The molecule has 3 fully saturated rings. The summed E-state index contributed by atoms with van der Waals surface area (Å²) in [4.78, 5) is 44.0. The van der Waals surface area contributed by atoms with Crippen LogP contribution in [0.4, 0.5) is 4.39 Å². The summed E-state index contributed by atoms with van der Waals surface area (Å²) in [6.07, 6.45) is 5.48. The Bertz CT molecular complexity index is 2290. The minimum Gasteiger partial charge on any atom is -0.398 e. The number of imide groups is 1. The van der Waals surface area contributed by atoms with E-state index in [0.717, 1.165) is 78.9 Å². The number of allylic oxidation sites excluding steroid dienone is 1. The second-order valence-electron chi connectivity index (χ2n) is 15.6. The maximum absolute atomic E-state index is 15.1. The molecule has 298 valence electrons. The van der Waals surface area contributed by atoms with E-state index in [1.54, 1.807) is 24.3 Å². The molecule has 9 nitrogen and oxygen atoms in total. The fourth-order valence-corrected chi connectivity index (χ4v) is 7.86. The van der Waals surface area contributed by atoms with Gasteiger partial charge in [-0.3, -0.25) is 24.7 Å². The first kappa shape index (κ1) is 41.9. The molecule has 11 heteroatoms. The third-order valence-corrected chi connectivity index (χ3v) is 11.8. The third kappa shape index (κ3) is 10.6. The van der Waals surface area contributed by atoms with Gasteiger partial charge in [0.25, 0.3) is 0 Å². The number of aryl methyl sites for hydroxylation is 1. The maximum atomic E-state index is 15.1. The minimum absolute atomic E-state index is 0.0700. The van der Waals surface area contributed by atoms with Gasteiger partial charge in [-0.2, -0.15) is 5.26 Å². The first-order valence-corrected chi connectivity index (χ1v) is 20.1. The summed E-state index contributed by atoms with van der Waals surface area (Å²) in [5.74, 6) is 13.1. The minimum atomic E-state index is -0.759. The summed E-state index contributed by atoms with van der Waals surface area (Å²) in [6.45, 7) is 9.12. The highest BCUT2D eigenvalue weighted by atomic mass is 35.5. The molecule has 2 aliphatic heterocycles. The molecule has 3 aromatic carbocycles. The monoisotopic (exact) mass is 798 g/mol. The molecule has 0 spiro atoms. The van der Waals surface area contributed by atoms with E-state index in [1.165, 1.54) is 11.0 Å². The lowest BCUT2D eigenvalue weighted by molar-refractivity contribution is -0.141. The van der Waals surface area contributed by atoms with Gasteiger partial charge in [-0.1, -0.05) is 53.5 Å². The van der Waals surface area contributed by atoms with Crippen LogP contribution in [0.3, 0.4) is 0 Å². The quantitative estimate of drug-likeness (QED) is 0.0992. The van der Waals surface area contributed by atoms with E-state index >= 15 is 4.39 Å². The number of carbonyl (C=O) groups is 3. The van der Waals surface area contributed by atoms with Crippen LogP contribution in [0, 0.1) is 65.5 Å². The second-order valence-corrected chi connectivity index (χ2v) is 16.0. The SMILES string of the molecule is CC(=NCc1ccc(C#CC2CCC(CN3CC(C#Cc4cc(C)c(CN(C=O)C5CCC(=O)NC5=O)cc4F)C3)CC2)cc1)/C(C)=C(\N)c1ccc(C#N)c(Cl)c1. The Balaban J connectivity index is 0.918. The van der Waals surface area contributed by atoms with Crippen LogP contribution < -0.4 is 11.1 Å². The first-order valence-electron chi connectivity index (χ1n) is 19.8. The zero-order chi connectivity index (χ0) is 41.3. The Hall–Kier alpha value is -5.73. The van der Waals surface area contributed by atoms with Crippen molar-refractivity contribution in [3.8, 4) is 29.8 Å². The number of carbonyl (C=O) groups excluding carboxylic acids is 3. The zero-order valence-corrected chi connectivity index (χ0v) is 34.0. The number of piperidine rings is 1. The van der Waals surface area contributed by atoms with Crippen molar-refractivity contribution < 1.29 is 18.8 Å². The van der Waals surface area contributed by atoms with Crippen LogP contribution in [0.5, 0.6) is 0 Å². The average molecular weight is 799 g/mol. The number of rotatable bonds is 10. The molecule has 1 aliphatic carbocycles. The molecule has 2 saturated heterocycles. The van der Waals surface area contributed by atoms with Crippen molar-refractivity contribution in [3.63, 3.8) is 0 Å². The molecule has 6 rings (SSSR count). The van der Waals surface area contributed by atoms with E-state index in [-0.39, 0.29) is 31.2 Å².